The minimum atomic E-state index is -2.56. The summed E-state index contributed by atoms with van der Waals surface area (Å²) in [6, 6.07) is 11.9. The number of imidazole rings is 1. The van der Waals surface area contributed by atoms with E-state index in [2.05, 4.69) is 9.97 Å². The molecule has 2 aromatic heterocycles. The first-order valence-electron chi connectivity index (χ1n) is 9.16. The van der Waals surface area contributed by atoms with Gasteiger partial charge in [0, 0.05) is 42.8 Å². The van der Waals surface area contributed by atoms with E-state index >= 15 is 0 Å². The summed E-state index contributed by atoms with van der Waals surface area (Å²) < 4.78 is 29.2. The van der Waals surface area contributed by atoms with Crippen molar-refractivity contribution in [2.75, 3.05) is 13.1 Å². The molecule has 27 heavy (non-hydrogen) atoms. The average Bonchev–Trinajstić information content (AvgIpc) is 3.04. The number of alkyl halides is 2. The normalized spacial score (nSPS) is 17.1. The molecule has 0 aliphatic carbocycles. The van der Waals surface area contributed by atoms with Crippen molar-refractivity contribution in [3.8, 4) is 16.9 Å². The second-order valence-electron chi connectivity index (χ2n) is 7.12. The van der Waals surface area contributed by atoms with Crippen LogP contribution >= 0.6 is 0 Å². The average molecular weight is 368 g/mol. The van der Waals surface area contributed by atoms with E-state index in [1.165, 1.54) is 0 Å². The van der Waals surface area contributed by atoms with Gasteiger partial charge in [0.15, 0.2) is 0 Å². The zero-order valence-electron chi connectivity index (χ0n) is 15.3. The second-order valence-corrected chi connectivity index (χ2v) is 7.12. The van der Waals surface area contributed by atoms with E-state index in [0.717, 1.165) is 34.9 Å². The van der Waals surface area contributed by atoms with Crippen molar-refractivity contribution in [1.29, 1.82) is 0 Å². The number of halogens is 2. The van der Waals surface area contributed by atoms with Crippen molar-refractivity contribution in [3.05, 3.63) is 66.4 Å². The van der Waals surface area contributed by atoms with Gasteiger partial charge in [-0.05, 0) is 49.7 Å². The van der Waals surface area contributed by atoms with Gasteiger partial charge in [-0.25, -0.2) is 13.8 Å². The van der Waals surface area contributed by atoms with Crippen LogP contribution in [-0.2, 0) is 6.54 Å². The monoisotopic (exact) mass is 368 g/mol. The number of hydrogen-bond acceptors (Lipinski definition) is 3. The summed E-state index contributed by atoms with van der Waals surface area (Å²) in [5.74, 6) is -1.67. The molecule has 0 amide bonds. The zero-order chi connectivity index (χ0) is 18.9. The molecular weight excluding hydrogens is 346 g/mol. The Morgan fingerprint density at radius 3 is 2.52 bits per heavy atom. The first-order valence-corrected chi connectivity index (χ1v) is 9.16. The van der Waals surface area contributed by atoms with Gasteiger partial charge in [0.05, 0.1) is 12.2 Å². The lowest BCUT2D eigenvalue weighted by atomic mass is 10.1. The fraction of sp³-hybridized carbons (Fsp3) is 0.333. The molecule has 0 radical (unpaired) electrons. The standard InChI is InChI=1S/C21H22F2N4/c1-16-25-20(18-7-10-24-11-8-18)14-27(16)19-5-3-17(4-6-19)13-26-12-2-9-21(22,23)15-26/h3-8,10-11,14H,2,9,12-13,15H2,1H3. The molecule has 0 atom stereocenters. The maximum absolute atomic E-state index is 13.6. The fourth-order valence-corrected chi connectivity index (χ4v) is 3.60. The van der Waals surface area contributed by atoms with Gasteiger partial charge in [-0.3, -0.25) is 9.88 Å². The fourth-order valence-electron chi connectivity index (χ4n) is 3.60. The van der Waals surface area contributed by atoms with E-state index in [4.69, 9.17) is 0 Å². The molecule has 1 aromatic carbocycles. The Bertz CT molecular complexity index is 904. The van der Waals surface area contributed by atoms with Gasteiger partial charge >= 0.3 is 0 Å². The van der Waals surface area contributed by atoms with Crippen molar-refractivity contribution in [2.45, 2.75) is 32.2 Å². The Hall–Kier alpha value is -2.60. The number of likely N-dealkylation sites (tertiary alicyclic amines) is 1. The van der Waals surface area contributed by atoms with Gasteiger partial charge in [-0.1, -0.05) is 12.1 Å². The maximum atomic E-state index is 13.6. The molecule has 6 heteroatoms. The molecular formula is C21H22F2N4. The van der Waals surface area contributed by atoms with Crippen molar-refractivity contribution in [1.82, 2.24) is 19.4 Å². The highest BCUT2D eigenvalue weighted by molar-refractivity contribution is 5.58. The summed E-state index contributed by atoms with van der Waals surface area (Å²) in [6.07, 6.45) is 6.06. The molecule has 0 unspecified atom stereocenters. The minimum absolute atomic E-state index is 0.00214. The number of benzene rings is 1. The number of aromatic nitrogens is 3. The molecule has 1 aliphatic heterocycles. The van der Waals surface area contributed by atoms with Crippen molar-refractivity contribution >= 4 is 0 Å². The lowest BCUT2D eigenvalue weighted by Crippen LogP contribution is -2.41. The van der Waals surface area contributed by atoms with Crippen LogP contribution in [0, 0.1) is 6.92 Å². The molecule has 4 nitrogen and oxygen atoms in total. The number of rotatable bonds is 4. The van der Waals surface area contributed by atoms with Crippen molar-refractivity contribution in [3.63, 3.8) is 0 Å². The highest BCUT2D eigenvalue weighted by Gasteiger charge is 2.34. The third-order valence-corrected chi connectivity index (χ3v) is 4.95. The van der Waals surface area contributed by atoms with Crippen LogP contribution in [-0.4, -0.2) is 38.4 Å². The maximum Gasteiger partial charge on any atom is 0.260 e. The Morgan fingerprint density at radius 2 is 1.81 bits per heavy atom. The van der Waals surface area contributed by atoms with Crippen LogP contribution in [0.5, 0.6) is 0 Å². The summed E-state index contributed by atoms with van der Waals surface area (Å²) >= 11 is 0. The summed E-state index contributed by atoms with van der Waals surface area (Å²) in [7, 11) is 0. The molecule has 1 saturated heterocycles. The SMILES string of the molecule is Cc1nc(-c2ccncc2)cn1-c1ccc(CN2CCCC(F)(F)C2)cc1. The van der Waals surface area contributed by atoms with Gasteiger partial charge in [0.1, 0.15) is 5.82 Å². The van der Waals surface area contributed by atoms with Gasteiger partial charge in [-0.2, -0.15) is 0 Å². The Balaban J connectivity index is 1.50. The molecule has 0 spiro atoms. The molecule has 3 heterocycles. The number of hydrogen-bond donors (Lipinski definition) is 0. The van der Waals surface area contributed by atoms with Crippen LogP contribution in [0.15, 0.2) is 55.0 Å². The third kappa shape index (κ3) is 4.06. The number of piperidine rings is 1. The lowest BCUT2D eigenvalue weighted by molar-refractivity contribution is -0.0661. The smallest absolute Gasteiger partial charge is 0.260 e. The predicted octanol–water partition coefficient (Wildman–Crippen LogP) is 4.47. The quantitative estimate of drug-likeness (QED) is 0.681. The van der Waals surface area contributed by atoms with Crippen molar-refractivity contribution in [2.24, 2.45) is 0 Å². The van der Waals surface area contributed by atoms with E-state index in [9.17, 15) is 8.78 Å². The van der Waals surface area contributed by atoms with Gasteiger partial charge < -0.3 is 4.57 Å². The Kier molecular flexibility index (Phi) is 4.74. The van der Waals surface area contributed by atoms with E-state index < -0.39 is 5.92 Å². The molecule has 0 saturated carbocycles. The van der Waals surface area contributed by atoms with Crippen LogP contribution < -0.4 is 0 Å². The highest BCUT2D eigenvalue weighted by Crippen LogP contribution is 2.27. The third-order valence-electron chi connectivity index (χ3n) is 4.95. The summed E-state index contributed by atoms with van der Waals surface area (Å²) in [6.45, 7) is 3.10. The van der Waals surface area contributed by atoms with E-state index in [-0.39, 0.29) is 13.0 Å². The molecule has 3 aromatic rings. The van der Waals surface area contributed by atoms with E-state index in [1.54, 1.807) is 12.4 Å². The van der Waals surface area contributed by atoms with E-state index in [0.29, 0.717) is 13.0 Å². The van der Waals surface area contributed by atoms with Crippen LogP contribution in [0.3, 0.4) is 0 Å². The topological polar surface area (TPSA) is 34.0 Å². The van der Waals surface area contributed by atoms with Crippen LogP contribution in [0.4, 0.5) is 8.78 Å². The molecule has 4 rings (SSSR count). The first kappa shape index (κ1) is 17.8. The number of pyridine rings is 1. The van der Waals surface area contributed by atoms with Crippen LogP contribution in [0.25, 0.3) is 16.9 Å². The molecule has 1 fully saturated rings. The second kappa shape index (κ2) is 7.19. The van der Waals surface area contributed by atoms with Crippen LogP contribution in [0.2, 0.25) is 0 Å². The summed E-state index contributed by atoms with van der Waals surface area (Å²) in [4.78, 5) is 10.5. The number of nitrogens with zero attached hydrogens (tertiary/aromatic N) is 4. The largest absolute Gasteiger partial charge is 0.303 e. The molecule has 0 N–H and O–H groups in total. The van der Waals surface area contributed by atoms with Crippen LogP contribution in [0.1, 0.15) is 24.2 Å². The molecule has 0 bridgehead atoms. The summed E-state index contributed by atoms with van der Waals surface area (Å²) in [5, 5.41) is 0. The zero-order valence-corrected chi connectivity index (χ0v) is 15.3. The molecule has 1 aliphatic rings. The van der Waals surface area contributed by atoms with Gasteiger partial charge in [0.25, 0.3) is 5.92 Å². The first-order chi connectivity index (χ1) is 13.0. The lowest BCUT2D eigenvalue weighted by Gasteiger charge is -2.32. The van der Waals surface area contributed by atoms with E-state index in [1.807, 2.05) is 59.0 Å². The molecule has 140 valence electrons. The predicted molar refractivity (Wildman–Crippen MR) is 101 cm³/mol. The Morgan fingerprint density at radius 1 is 1.07 bits per heavy atom. The number of aryl methyl sites for hydroxylation is 1. The van der Waals surface area contributed by atoms with Gasteiger partial charge in [-0.15, -0.1) is 0 Å². The minimum Gasteiger partial charge on any atom is -0.303 e. The highest BCUT2D eigenvalue weighted by atomic mass is 19.3. The van der Waals surface area contributed by atoms with Gasteiger partial charge in [0.2, 0.25) is 0 Å². The summed E-state index contributed by atoms with van der Waals surface area (Å²) in [5.41, 5.74) is 3.97. The Labute approximate surface area is 157 Å². The van der Waals surface area contributed by atoms with Crippen molar-refractivity contribution < 1.29 is 8.78 Å².